The fraction of sp³-hybridized carbons (Fsp3) is 0.667. The van der Waals surface area contributed by atoms with E-state index in [-0.39, 0.29) is 6.03 Å². The maximum absolute atomic E-state index is 11.4. The van der Waals surface area contributed by atoms with E-state index < -0.39 is 0 Å². The van der Waals surface area contributed by atoms with Crippen molar-refractivity contribution in [1.29, 1.82) is 0 Å². The molecular formula is C12H22N4O. The number of carbonyl (C=O) groups excluding carboxylic acids is 1. The molecule has 96 valence electrons. The van der Waals surface area contributed by atoms with Crippen molar-refractivity contribution in [3.63, 3.8) is 0 Å². The van der Waals surface area contributed by atoms with E-state index in [0.717, 1.165) is 6.54 Å². The Kier molecular flexibility index (Phi) is 5.52. The van der Waals surface area contributed by atoms with Crippen molar-refractivity contribution in [2.45, 2.75) is 27.3 Å². The smallest absolute Gasteiger partial charge is 0.314 e. The van der Waals surface area contributed by atoms with Crippen molar-refractivity contribution < 1.29 is 4.79 Å². The second-order valence-electron chi connectivity index (χ2n) is 4.82. The lowest BCUT2D eigenvalue weighted by Gasteiger charge is -2.14. The minimum atomic E-state index is -0.0917. The monoisotopic (exact) mass is 238 g/mol. The Morgan fingerprint density at radius 3 is 2.59 bits per heavy atom. The molecule has 0 aromatic carbocycles. The van der Waals surface area contributed by atoms with Gasteiger partial charge in [-0.15, -0.1) is 0 Å². The Balaban J connectivity index is 2.15. The standard InChI is InChI=1S/C12H22N4O/c1-10(2)7-13-12(17)14-8-11(3)9-16-6-4-5-15-16/h4-6,10-11H,7-9H2,1-3H3,(H2,13,14,17). The van der Waals surface area contributed by atoms with E-state index in [0.29, 0.717) is 24.9 Å². The number of hydrogen-bond acceptors (Lipinski definition) is 2. The van der Waals surface area contributed by atoms with E-state index in [2.05, 4.69) is 36.5 Å². The fourth-order valence-corrected chi connectivity index (χ4v) is 1.42. The molecule has 17 heavy (non-hydrogen) atoms. The first-order valence-electron chi connectivity index (χ1n) is 6.07. The van der Waals surface area contributed by atoms with Crippen LogP contribution in [-0.2, 0) is 6.54 Å². The average molecular weight is 238 g/mol. The lowest BCUT2D eigenvalue weighted by molar-refractivity contribution is 0.237. The molecule has 0 bridgehead atoms. The topological polar surface area (TPSA) is 59.0 Å². The van der Waals surface area contributed by atoms with Gasteiger partial charge < -0.3 is 10.6 Å². The van der Waals surface area contributed by atoms with Gasteiger partial charge in [0.2, 0.25) is 0 Å². The quantitative estimate of drug-likeness (QED) is 0.788. The number of amides is 2. The van der Waals surface area contributed by atoms with Gasteiger partial charge in [0, 0.05) is 32.0 Å². The Labute approximate surface area is 103 Å². The van der Waals surface area contributed by atoms with Gasteiger partial charge in [-0.2, -0.15) is 5.10 Å². The molecule has 0 aliphatic carbocycles. The molecule has 0 saturated carbocycles. The first-order valence-corrected chi connectivity index (χ1v) is 6.07. The highest BCUT2D eigenvalue weighted by molar-refractivity contribution is 5.73. The van der Waals surface area contributed by atoms with E-state index in [4.69, 9.17) is 0 Å². The molecule has 0 aliphatic heterocycles. The van der Waals surface area contributed by atoms with E-state index in [1.54, 1.807) is 6.20 Å². The maximum Gasteiger partial charge on any atom is 0.314 e. The van der Waals surface area contributed by atoms with Gasteiger partial charge in [-0.05, 0) is 17.9 Å². The van der Waals surface area contributed by atoms with Gasteiger partial charge in [-0.1, -0.05) is 20.8 Å². The van der Waals surface area contributed by atoms with Crippen LogP contribution in [0.3, 0.4) is 0 Å². The highest BCUT2D eigenvalue weighted by atomic mass is 16.2. The van der Waals surface area contributed by atoms with Crippen LogP contribution in [0.1, 0.15) is 20.8 Å². The second kappa shape index (κ2) is 6.93. The van der Waals surface area contributed by atoms with Gasteiger partial charge in [-0.25, -0.2) is 4.79 Å². The van der Waals surface area contributed by atoms with Crippen LogP contribution in [0.2, 0.25) is 0 Å². The van der Waals surface area contributed by atoms with Crippen LogP contribution >= 0.6 is 0 Å². The minimum Gasteiger partial charge on any atom is -0.338 e. The molecule has 2 amide bonds. The fourth-order valence-electron chi connectivity index (χ4n) is 1.42. The number of hydrogen-bond donors (Lipinski definition) is 2. The highest BCUT2D eigenvalue weighted by Gasteiger charge is 2.06. The lowest BCUT2D eigenvalue weighted by Crippen LogP contribution is -2.39. The zero-order valence-electron chi connectivity index (χ0n) is 10.8. The summed E-state index contributed by atoms with van der Waals surface area (Å²) in [5.74, 6) is 0.835. The SMILES string of the molecule is CC(C)CNC(=O)NCC(C)Cn1cccn1. The molecule has 5 nitrogen and oxygen atoms in total. The van der Waals surface area contributed by atoms with E-state index in [9.17, 15) is 4.79 Å². The van der Waals surface area contributed by atoms with Gasteiger partial charge in [-0.3, -0.25) is 4.68 Å². The molecule has 0 fully saturated rings. The van der Waals surface area contributed by atoms with E-state index >= 15 is 0 Å². The number of urea groups is 1. The molecule has 1 unspecified atom stereocenters. The van der Waals surface area contributed by atoms with Crippen LogP contribution in [0.5, 0.6) is 0 Å². The average Bonchev–Trinajstić information content (AvgIpc) is 2.76. The zero-order valence-corrected chi connectivity index (χ0v) is 10.8. The maximum atomic E-state index is 11.4. The predicted octanol–water partition coefficient (Wildman–Crippen LogP) is 1.47. The minimum absolute atomic E-state index is 0.0917. The lowest BCUT2D eigenvalue weighted by atomic mass is 10.2. The Morgan fingerprint density at radius 1 is 1.29 bits per heavy atom. The number of nitrogens with zero attached hydrogens (tertiary/aromatic N) is 2. The summed E-state index contributed by atoms with van der Waals surface area (Å²) in [6, 6.07) is 1.81. The first-order chi connectivity index (χ1) is 8.08. The number of carbonyl (C=O) groups is 1. The van der Waals surface area contributed by atoms with Crippen molar-refractivity contribution in [2.24, 2.45) is 11.8 Å². The number of aromatic nitrogens is 2. The molecule has 0 saturated heterocycles. The third-order valence-corrected chi connectivity index (χ3v) is 2.34. The molecule has 1 aromatic heterocycles. The summed E-state index contributed by atoms with van der Waals surface area (Å²) in [5, 5.41) is 9.81. The molecule has 0 aliphatic rings. The summed E-state index contributed by atoms with van der Waals surface area (Å²) < 4.78 is 1.87. The molecule has 0 radical (unpaired) electrons. The summed E-state index contributed by atoms with van der Waals surface area (Å²) in [6.07, 6.45) is 3.69. The molecule has 5 heteroatoms. The van der Waals surface area contributed by atoms with Gasteiger partial charge in [0.25, 0.3) is 0 Å². The van der Waals surface area contributed by atoms with Gasteiger partial charge >= 0.3 is 6.03 Å². The molecule has 0 spiro atoms. The molecule has 2 N–H and O–H groups in total. The predicted molar refractivity (Wildman–Crippen MR) is 67.6 cm³/mol. The van der Waals surface area contributed by atoms with Crippen molar-refractivity contribution in [1.82, 2.24) is 20.4 Å². The van der Waals surface area contributed by atoms with Crippen molar-refractivity contribution in [3.05, 3.63) is 18.5 Å². The van der Waals surface area contributed by atoms with Crippen molar-refractivity contribution >= 4 is 6.03 Å². The largest absolute Gasteiger partial charge is 0.338 e. The van der Waals surface area contributed by atoms with Crippen LogP contribution in [0.4, 0.5) is 4.79 Å². The molecule has 1 rings (SSSR count). The van der Waals surface area contributed by atoms with Crippen molar-refractivity contribution in [2.75, 3.05) is 13.1 Å². The molecule has 1 heterocycles. The third-order valence-electron chi connectivity index (χ3n) is 2.34. The molecule has 1 atom stereocenters. The second-order valence-corrected chi connectivity index (χ2v) is 4.82. The summed E-state index contributed by atoms with van der Waals surface area (Å²) in [7, 11) is 0. The van der Waals surface area contributed by atoms with Gasteiger partial charge in [0.05, 0.1) is 0 Å². The number of rotatable bonds is 6. The van der Waals surface area contributed by atoms with Crippen LogP contribution < -0.4 is 10.6 Å². The zero-order chi connectivity index (χ0) is 12.7. The van der Waals surface area contributed by atoms with Crippen LogP contribution in [0.15, 0.2) is 18.5 Å². The number of nitrogens with one attached hydrogen (secondary N) is 2. The summed E-state index contributed by atoms with van der Waals surface area (Å²) >= 11 is 0. The summed E-state index contributed by atoms with van der Waals surface area (Å²) in [5.41, 5.74) is 0. The molecule has 1 aromatic rings. The summed E-state index contributed by atoms with van der Waals surface area (Å²) in [4.78, 5) is 11.4. The highest BCUT2D eigenvalue weighted by Crippen LogP contribution is 1.97. The molecular weight excluding hydrogens is 216 g/mol. The normalized spacial score (nSPS) is 12.5. The van der Waals surface area contributed by atoms with E-state index in [1.807, 2.05) is 16.9 Å². The third kappa shape index (κ3) is 5.94. The first kappa shape index (κ1) is 13.5. The Morgan fingerprint density at radius 2 is 2.00 bits per heavy atom. The van der Waals surface area contributed by atoms with Gasteiger partial charge in [0.1, 0.15) is 0 Å². The van der Waals surface area contributed by atoms with E-state index in [1.165, 1.54) is 0 Å². The Hall–Kier alpha value is -1.52. The van der Waals surface area contributed by atoms with Gasteiger partial charge in [0.15, 0.2) is 0 Å². The van der Waals surface area contributed by atoms with Crippen molar-refractivity contribution in [3.8, 4) is 0 Å². The van der Waals surface area contributed by atoms with Crippen LogP contribution in [0.25, 0.3) is 0 Å². The van der Waals surface area contributed by atoms with Crippen LogP contribution in [0, 0.1) is 11.8 Å². The Bertz CT molecular complexity index is 321. The van der Waals surface area contributed by atoms with Crippen LogP contribution in [-0.4, -0.2) is 28.9 Å². The summed E-state index contributed by atoms with van der Waals surface area (Å²) in [6.45, 7) is 8.41.